The molecule has 170 valence electrons. The van der Waals surface area contributed by atoms with Crippen molar-refractivity contribution in [1.82, 2.24) is 5.32 Å². The van der Waals surface area contributed by atoms with Crippen molar-refractivity contribution in [2.75, 3.05) is 17.1 Å². The lowest BCUT2D eigenvalue weighted by Gasteiger charge is -2.30. The molecule has 0 fully saturated rings. The first kappa shape index (κ1) is 24.7. The zero-order chi connectivity index (χ0) is 23.0. The molecule has 0 aromatic heterocycles. The molecule has 1 atom stereocenters. The van der Waals surface area contributed by atoms with E-state index in [1.807, 2.05) is 64.1 Å². The molecule has 2 aromatic carbocycles. The lowest BCUT2D eigenvalue weighted by molar-refractivity contribution is -0.122. The van der Waals surface area contributed by atoms with E-state index in [0.29, 0.717) is 18.7 Å². The molecule has 1 N–H and O–H groups in total. The van der Waals surface area contributed by atoms with Crippen molar-refractivity contribution >= 4 is 21.6 Å². The van der Waals surface area contributed by atoms with Crippen molar-refractivity contribution in [3.8, 4) is 5.75 Å². The fourth-order valence-electron chi connectivity index (χ4n) is 3.38. The number of anilines is 1. The number of rotatable bonds is 11. The molecule has 31 heavy (non-hydrogen) atoms. The highest BCUT2D eigenvalue weighted by Gasteiger charge is 2.31. The Hall–Kier alpha value is -2.54. The topological polar surface area (TPSA) is 75.7 Å². The Morgan fingerprint density at radius 2 is 1.68 bits per heavy atom. The molecule has 2 rings (SSSR count). The summed E-state index contributed by atoms with van der Waals surface area (Å²) in [4.78, 5) is 12.8. The molecule has 7 heteroatoms. The highest BCUT2D eigenvalue weighted by Crippen LogP contribution is 2.23. The van der Waals surface area contributed by atoms with Crippen LogP contribution in [0.2, 0.25) is 0 Å². The van der Waals surface area contributed by atoms with Crippen LogP contribution >= 0.6 is 0 Å². The van der Waals surface area contributed by atoms with Gasteiger partial charge < -0.3 is 10.1 Å². The average Bonchev–Trinajstić information content (AvgIpc) is 2.70. The summed E-state index contributed by atoms with van der Waals surface area (Å²) in [5.41, 5.74) is 2.69. The second-order valence-electron chi connectivity index (χ2n) is 8.02. The smallest absolute Gasteiger partial charge is 0.243 e. The molecule has 2 aromatic rings. The van der Waals surface area contributed by atoms with Crippen LogP contribution in [0.3, 0.4) is 0 Å². The van der Waals surface area contributed by atoms with E-state index in [9.17, 15) is 13.2 Å². The van der Waals surface area contributed by atoms with Gasteiger partial charge in [-0.1, -0.05) is 36.8 Å². The third-order valence-electron chi connectivity index (χ3n) is 4.85. The Morgan fingerprint density at radius 1 is 1.06 bits per heavy atom. The molecule has 0 aliphatic heterocycles. The van der Waals surface area contributed by atoms with Gasteiger partial charge in [-0.05, 0) is 69.9 Å². The number of nitrogens with one attached hydrogen (secondary N) is 1. The van der Waals surface area contributed by atoms with Gasteiger partial charge in [0.05, 0.1) is 18.0 Å². The van der Waals surface area contributed by atoms with Crippen LogP contribution in [-0.4, -0.2) is 39.3 Å². The zero-order valence-corrected chi connectivity index (χ0v) is 19.9. The Morgan fingerprint density at radius 3 is 2.19 bits per heavy atom. The number of carbonyl (C=O) groups excluding carboxylic acids is 1. The number of hydrogen-bond donors (Lipinski definition) is 1. The third kappa shape index (κ3) is 7.58. The quantitative estimate of drug-likeness (QED) is 0.528. The first-order chi connectivity index (χ1) is 14.6. The summed E-state index contributed by atoms with van der Waals surface area (Å²) in [5, 5.41) is 2.91. The number of amides is 1. The van der Waals surface area contributed by atoms with Crippen molar-refractivity contribution in [2.24, 2.45) is 0 Å². The molecule has 0 unspecified atom stereocenters. The monoisotopic (exact) mass is 446 g/mol. The van der Waals surface area contributed by atoms with Crippen LogP contribution in [0, 0.1) is 6.92 Å². The van der Waals surface area contributed by atoms with E-state index in [1.54, 1.807) is 12.1 Å². The molecule has 0 aliphatic rings. The van der Waals surface area contributed by atoms with Gasteiger partial charge in [0.2, 0.25) is 15.9 Å². The van der Waals surface area contributed by atoms with Gasteiger partial charge in [0.25, 0.3) is 0 Å². The fraction of sp³-hybridized carbons (Fsp3) is 0.458. The molecule has 0 heterocycles. The van der Waals surface area contributed by atoms with Gasteiger partial charge in [-0.2, -0.15) is 0 Å². The van der Waals surface area contributed by atoms with Crippen molar-refractivity contribution in [1.29, 1.82) is 0 Å². The minimum atomic E-state index is -3.61. The Balaban J connectivity index is 1.96. The molecule has 0 spiro atoms. The van der Waals surface area contributed by atoms with Crippen LogP contribution in [-0.2, 0) is 21.2 Å². The number of carbonyl (C=O) groups is 1. The van der Waals surface area contributed by atoms with Crippen molar-refractivity contribution in [3.63, 3.8) is 0 Å². The fourth-order valence-corrected chi connectivity index (χ4v) is 4.59. The van der Waals surface area contributed by atoms with Gasteiger partial charge in [0, 0.05) is 6.54 Å². The van der Waals surface area contributed by atoms with Gasteiger partial charge in [-0.3, -0.25) is 9.10 Å². The predicted molar refractivity (Wildman–Crippen MR) is 126 cm³/mol. The lowest BCUT2D eigenvalue weighted by atomic mass is 10.1. The normalized spacial score (nSPS) is 12.5. The number of sulfonamides is 1. The summed E-state index contributed by atoms with van der Waals surface area (Å²) in [6.07, 6.45) is 3.22. The molecular weight excluding hydrogens is 412 g/mol. The summed E-state index contributed by atoms with van der Waals surface area (Å²) < 4.78 is 31.8. The van der Waals surface area contributed by atoms with E-state index < -0.39 is 16.1 Å². The van der Waals surface area contributed by atoms with Gasteiger partial charge >= 0.3 is 0 Å². The Kier molecular flexibility index (Phi) is 8.92. The first-order valence-electron chi connectivity index (χ1n) is 10.7. The van der Waals surface area contributed by atoms with Crippen LogP contribution in [0.5, 0.6) is 5.75 Å². The van der Waals surface area contributed by atoms with Crippen molar-refractivity contribution in [3.05, 3.63) is 59.7 Å². The number of hydrogen-bond acceptors (Lipinski definition) is 4. The largest absolute Gasteiger partial charge is 0.491 e. The predicted octanol–water partition coefficient (Wildman–Crippen LogP) is 4.08. The van der Waals surface area contributed by atoms with Gasteiger partial charge in [-0.25, -0.2) is 8.42 Å². The summed E-state index contributed by atoms with van der Waals surface area (Å²) in [7, 11) is -3.61. The lowest BCUT2D eigenvalue weighted by Crippen LogP contribution is -2.49. The maximum atomic E-state index is 12.8. The van der Waals surface area contributed by atoms with E-state index in [4.69, 9.17) is 4.74 Å². The summed E-state index contributed by atoms with van der Waals surface area (Å²) in [6.45, 7) is 8.21. The van der Waals surface area contributed by atoms with Crippen LogP contribution in [0.4, 0.5) is 5.69 Å². The molecule has 0 saturated carbocycles. The number of nitrogens with zero attached hydrogens (tertiary/aromatic N) is 1. The number of aryl methyl sites for hydroxylation is 2. The van der Waals surface area contributed by atoms with Crippen molar-refractivity contribution in [2.45, 2.75) is 59.1 Å². The molecule has 0 bridgehead atoms. The van der Waals surface area contributed by atoms with E-state index in [2.05, 4.69) is 5.32 Å². The molecule has 0 aliphatic carbocycles. The van der Waals surface area contributed by atoms with Crippen LogP contribution in [0.1, 0.15) is 44.7 Å². The van der Waals surface area contributed by atoms with Gasteiger partial charge in [-0.15, -0.1) is 0 Å². The third-order valence-corrected chi connectivity index (χ3v) is 6.03. The number of benzene rings is 2. The maximum Gasteiger partial charge on any atom is 0.243 e. The maximum absolute atomic E-state index is 12.8. The minimum Gasteiger partial charge on any atom is -0.491 e. The summed E-state index contributed by atoms with van der Waals surface area (Å²) >= 11 is 0. The highest BCUT2D eigenvalue weighted by molar-refractivity contribution is 7.92. The zero-order valence-electron chi connectivity index (χ0n) is 19.1. The SMILES string of the molecule is CC[C@H](C(=O)NCCCc1ccc(OC(C)C)cc1)N(c1ccc(C)cc1)S(C)(=O)=O. The second-order valence-corrected chi connectivity index (χ2v) is 9.88. The van der Waals surface area contributed by atoms with E-state index in [0.717, 1.165) is 36.0 Å². The van der Waals surface area contributed by atoms with E-state index in [-0.39, 0.29) is 12.0 Å². The molecular formula is C24H34N2O4S. The van der Waals surface area contributed by atoms with Crippen LogP contribution in [0.15, 0.2) is 48.5 Å². The molecule has 0 radical (unpaired) electrons. The minimum absolute atomic E-state index is 0.138. The summed E-state index contributed by atoms with van der Waals surface area (Å²) in [6, 6.07) is 14.3. The van der Waals surface area contributed by atoms with E-state index in [1.165, 1.54) is 4.31 Å². The van der Waals surface area contributed by atoms with Gasteiger partial charge in [0.1, 0.15) is 11.8 Å². The molecule has 6 nitrogen and oxygen atoms in total. The highest BCUT2D eigenvalue weighted by atomic mass is 32.2. The average molecular weight is 447 g/mol. The molecule has 1 amide bonds. The second kappa shape index (κ2) is 11.2. The Bertz CT molecular complexity index is 939. The molecule has 0 saturated heterocycles. The first-order valence-corrected chi connectivity index (χ1v) is 12.6. The number of ether oxygens (including phenoxy) is 1. The standard InChI is InChI=1S/C24H34N2O4S/c1-6-23(26(31(5,28)29)21-13-9-19(4)10-14-21)24(27)25-17-7-8-20-11-15-22(16-12-20)30-18(2)3/h9-16,18,23H,6-8,17H2,1-5H3,(H,25,27)/t23-/m1/s1. The van der Waals surface area contributed by atoms with Crippen molar-refractivity contribution < 1.29 is 17.9 Å². The van der Waals surface area contributed by atoms with E-state index >= 15 is 0 Å². The van der Waals surface area contributed by atoms with Crippen LogP contribution < -0.4 is 14.4 Å². The van der Waals surface area contributed by atoms with Gasteiger partial charge in [0.15, 0.2) is 0 Å². The van der Waals surface area contributed by atoms with Crippen LogP contribution in [0.25, 0.3) is 0 Å². The Labute approximate surface area is 186 Å². The summed E-state index contributed by atoms with van der Waals surface area (Å²) in [5.74, 6) is 0.559.